The molecule has 1 aromatic carbocycles. The van der Waals surface area contributed by atoms with Crippen molar-refractivity contribution in [2.75, 3.05) is 25.1 Å². The summed E-state index contributed by atoms with van der Waals surface area (Å²) in [6.45, 7) is 6.98. The van der Waals surface area contributed by atoms with Crippen LogP contribution in [0.5, 0.6) is 5.75 Å². The number of ether oxygens (including phenoxy) is 2. The standard InChI is InChI=1S/C20H27FN6O3/c1-20(2,3)30-19(28)27-8-6-13(7-9-27)12-29-17-5-4-14(10-15(17)21)25-26-16(11-22)18(23)24/h4-5,10,13,25H,6-9,12H2,1-3H3,(H3,23,24)/b26-16+. The Hall–Kier alpha value is -3.35. The molecule has 162 valence electrons. The summed E-state index contributed by atoms with van der Waals surface area (Å²) >= 11 is 0. The fourth-order valence-corrected chi connectivity index (χ4v) is 2.77. The summed E-state index contributed by atoms with van der Waals surface area (Å²) in [7, 11) is 0. The largest absolute Gasteiger partial charge is 0.490 e. The van der Waals surface area contributed by atoms with E-state index in [4.69, 9.17) is 25.9 Å². The van der Waals surface area contributed by atoms with Gasteiger partial charge in [0, 0.05) is 19.2 Å². The number of piperidine rings is 1. The van der Waals surface area contributed by atoms with Gasteiger partial charge in [-0.05, 0) is 51.7 Å². The highest BCUT2D eigenvalue weighted by Gasteiger charge is 2.27. The average Bonchev–Trinajstić information content (AvgIpc) is 2.66. The fraction of sp³-hybridized carbons (Fsp3) is 0.500. The molecule has 30 heavy (non-hydrogen) atoms. The van der Waals surface area contributed by atoms with Crippen molar-refractivity contribution in [2.45, 2.75) is 39.2 Å². The summed E-state index contributed by atoms with van der Waals surface area (Å²) in [5, 5.41) is 19.6. The van der Waals surface area contributed by atoms with Crippen molar-refractivity contribution >= 4 is 23.3 Å². The number of hydrogen-bond donors (Lipinski definition) is 3. The summed E-state index contributed by atoms with van der Waals surface area (Å²) in [6.07, 6.45) is 1.18. The molecular formula is C20H27FN6O3. The number of hydrazone groups is 1. The fourth-order valence-electron chi connectivity index (χ4n) is 2.77. The van der Waals surface area contributed by atoms with Crippen LogP contribution in [0.2, 0.25) is 0 Å². The smallest absolute Gasteiger partial charge is 0.410 e. The quantitative estimate of drug-likeness (QED) is 0.369. The molecule has 0 saturated carbocycles. The second-order valence-electron chi connectivity index (χ2n) is 7.96. The molecule has 1 amide bonds. The van der Waals surface area contributed by atoms with Gasteiger partial charge in [0.1, 0.15) is 11.7 Å². The highest BCUT2D eigenvalue weighted by Crippen LogP contribution is 2.24. The number of carbonyl (C=O) groups is 1. The Kier molecular flexibility index (Phi) is 7.58. The summed E-state index contributed by atoms with van der Waals surface area (Å²) in [6, 6.07) is 5.85. The highest BCUT2D eigenvalue weighted by molar-refractivity contribution is 6.45. The van der Waals surface area contributed by atoms with Crippen LogP contribution < -0.4 is 15.9 Å². The maximum atomic E-state index is 14.3. The van der Waals surface area contributed by atoms with E-state index in [2.05, 4.69) is 10.5 Å². The zero-order chi connectivity index (χ0) is 22.3. The molecular weight excluding hydrogens is 391 g/mol. The number of carbonyl (C=O) groups excluding carboxylic acids is 1. The van der Waals surface area contributed by atoms with Crippen molar-refractivity contribution in [3.63, 3.8) is 0 Å². The Morgan fingerprint density at radius 3 is 2.63 bits per heavy atom. The molecule has 2 rings (SSSR count). The molecule has 0 unspecified atom stereocenters. The zero-order valence-electron chi connectivity index (χ0n) is 17.4. The third-order valence-electron chi connectivity index (χ3n) is 4.33. The molecule has 10 heteroatoms. The average molecular weight is 418 g/mol. The number of benzene rings is 1. The van der Waals surface area contributed by atoms with Crippen molar-refractivity contribution in [3.05, 3.63) is 24.0 Å². The predicted octanol–water partition coefficient (Wildman–Crippen LogP) is 3.08. The zero-order valence-corrected chi connectivity index (χ0v) is 17.4. The predicted molar refractivity (Wildman–Crippen MR) is 111 cm³/mol. The first kappa shape index (κ1) is 22.9. The van der Waals surface area contributed by atoms with Crippen molar-refractivity contribution in [2.24, 2.45) is 16.8 Å². The Bertz CT molecular complexity index is 851. The van der Waals surface area contributed by atoms with Crippen LogP contribution in [0.25, 0.3) is 0 Å². The number of amidine groups is 1. The van der Waals surface area contributed by atoms with Gasteiger partial charge >= 0.3 is 6.09 Å². The van der Waals surface area contributed by atoms with Crippen LogP contribution in [0.3, 0.4) is 0 Å². The minimum absolute atomic E-state index is 0.103. The van der Waals surface area contributed by atoms with Crippen LogP contribution in [0.4, 0.5) is 14.9 Å². The maximum absolute atomic E-state index is 14.3. The molecule has 1 aliphatic rings. The van der Waals surface area contributed by atoms with Crippen LogP contribution in [0, 0.1) is 28.5 Å². The second-order valence-corrected chi connectivity index (χ2v) is 7.96. The van der Waals surface area contributed by atoms with E-state index >= 15 is 0 Å². The first-order chi connectivity index (χ1) is 14.1. The number of nitrogens with zero attached hydrogens (tertiary/aromatic N) is 3. The maximum Gasteiger partial charge on any atom is 0.410 e. The molecule has 4 N–H and O–H groups in total. The summed E-state index contributed by atoms with van der Waals surface area (Å²) in [4.78, 5) is 13.8. The van der Waals surface area contributed by atoms with Crippen molar-refractivity contribution in [3.8, 4) is 11.8 Å². The summed E-state index contributed by atoms with van der Waals surface area (Å²) in [5.74, 6) is -0.753. The molecule has 0 aliphatic carbocycles. The molecule has 1 saturated heterocycles. The van der Waals surface area contributed by atoms with E-state index in [1.807, 2.05) is 20.8 Å². The number of nitrogens with two attached hydrogens (primary N) is 1. The minimum atomic E-state index is -0.581. The van der Waals surface area contributed by atoms with Crippen molar-refractivity contribution in [1.82, 2.24) is 4.90 Å². The van der Waals surface area contributed by atoms with E-state index in [0.29, 0.717) is 25.4 Å². The number of anilines is 1. The Morgan fingerprint density at radius 2 is 2.10 bits per heavy atom. The van der Waals surface area contributed by atoms with E-state index in [1.54, 1.807) is 17.0 Å². The van der Waals surface area contributed by atoms with E-state index in [0.717, 1.165) is 12.8 Å². The molecule has 1 heterocycles. The number of likely N-dealkylation sites (tertiary alicyclic amines) is 1. The van der Waals surface area contributed by atoms with Gasteiger partial charge in [-0.1, -0.05) is 0 Å². The highest BCUT2D eigenvalue weighted by atomic mass is 19.1. The summed E-state index contributed by atoms with van der Waals surface area (Å²) < 4.78 is 25.3. The monoisotopic (exact) mass is 418 g/mol. The van der Waals surface area contributed by atoms with E-state index < -0.39 is 17.3 Å². The second kappa shape index (κ2) is 9.91. The molecule has 9 nitrogen and oxygen atoms in total. The topological polar surface area (TPSA) is 137 Å². The third kappa shape index (κ3) is 6.92. The lowest BCUT2D eigenvalue weighted by Crippen LogP contribution is -2.42. The molecule has 0 atom stereocenters. The number of nitriles is 1. The van der Waals surface area contributed by atoms with Crippen molar-refractivity contribution in [1.29, 1.82) is 10.7 Å². The summed E-state index contributed by atoms with van der Waals surface area (Å²) in [5.41, 5.74) is 7.15. The van der Waals surface area contributed by atoms with Crippen molar-refractivity contribution < 1.29 is 18.7 Å². The minimum Gasteiger partial charge on any atom is -0.490 e. The van der Waals surface area contributed by atoms with Gasteiger partial charge in [-0.2, -0.15) is 10.4 Å². The van der Waals surface area contributed by atoms with Gasteiger partial charge in [0.25, 0.3) is 0 Å². The van der Waals surface area contributed by atoms with E-state index in [9.17, 15) is 9.18 Å². The normalized spacial score (nSPS) is 15.3. The lowest BCUT2D eigenvalue weighted by atomic mass is 9.98. The molecule has 0 bridgehead atoms. The van der Waals surface area contributed by atoms with Gasteiger partial charge in [-0.25, -0.2) is 9.18 Å². The number of hydrogen-bond acceptors (Lipinski definition) is 7. The van der Waals surface area contributed by atoms with Crippen LogP contribution in [0.15, 0.2) is 23.3 Å². The van der Waals surface area contributed by atoms with Gasteiger partial charge in [0.2, 0.25) is 5.71 Å². The Morgan fingerprint density at radius 1 is 1.43 bits per heavy atom. The van der Waals surface area contributed by atoms with Crippen LogP contribution in [0.1, 0.15) is 33.6 Å². The Balaban J connectivity index is 1.84. The molecule has 1 fully saturated rings. The van der Waals surface area contributed by atoms with Gasteiger partial charge < -0.3 is 20.1 Å². The lowest BCUT2D eigenvalue weighted by Gasteiger charge is -2.33. The lowest BCUT2D eigenvalue weighted by molar-refractivity contribution is 0.0164. The number of nitrogens with one attached hydrogen (secondary N) is 2. The molecule has 0 spiro atoms. The first-order valence-corrected chi connectivity index (χ1v) is 9.57. The van der Waals surface area contributed by atoms with Crippen LogP contribution >= 0.6 is 0 Å². The van der Waals surface area contributed by atoms with E-state index in [-0.39, 0.29) is 23.5 Å². The van der Waals surface area contributed by atoms with Gasteiger partial charge in [0.15, 0.2) is 17.4 Å². The molecule has 0 radical (unpaired) electrons. The molecule has 0 aromatic heterocycles. The number of amides is 1. The SMILES string of the molecule is CC(C)(C)OC(=O)N1CCC(COc2ccc(N/N=C(\C#N)C(=N)N)cc2F)CC1. The molecule has 1 aromatic rings. The third-order valence-corrected chi connectivity index (χ3v) is 4.33. The van der Waals surface area contributed by atoms with Gasteiger partial charge in [-0.3, -0.25) is 10.8 Å². The Labute approximate surface area is 175 Å². The van der Waals surface area contributed by atoms with Gasteiger partial charge in [0.05, 0.1) is 12.3 Å². The number of rotatable bonds is 6. The van der Waals surface area contributed by atoms with Crippen LogP contribution in [-0.2, 0) is 4.74 Å². The van der Waals surface area contributed by atoms with Gasteiger partial charge in [-0.15, -0.1) is 0 Å². The number of halogens is 1. The first-order valence-electron chi connectivity index (χ1n) is 9.57. The molecule has 1 aliphatic heterocycles. The van der Waals surface area contributed by atoms with Crippen LogP contribution in [-0.4, -0.2) is 47.8 Å². The van der Waals surface area contributed by atoms with E-state index in [1.165, 1.54) is 12.1 Å².